The molecule has 12 nitrogen and oxygen atoms in total. The van der Waals surface area contributed by atoms with Crippen LogP contribution in [-0.4, -0.2) is 141 Å². The van der Waals surface area contributed by atoms with Crippen molar-refractivity contribution in [2.24, 2.45) is 0 Å². The van der Waals surface area contributed by atoms with Crippen LogP contribution in [0, 0.1) is 73.6 Å². The molecule has 0 aliphatic rings. The molecule has 12 heteroatoms. The SMILES string of the molecule is C.CC.CC.CC.CC.CC.CC.CC.CC.CC.CC.CC.CC.CC.CC(=O)c1ccccc1C.COC.COC.COC.COC.COC.COC.COC.COC.COC.COc1ccccc1.Cc1ccccc1.Cc1ccccc1.Cc1ccccc1.Cc1ccccc1.Cc1ccccc1.Cc1ccccc1.Cc1ccccc1.Cc1ccccc1C#N. The number of carbonyl (C=O) groups is 1. The zero-order valence-electron chi connectivity index (χ0n) is 94.7. The Morgan fingerprint density at radius 3 is 0.408 bits per heavy atom. The maximum atomic E-state index is 10.9. The third kappa shape index (κ3) is 229. The van der Waals surface area contributed by atoms with Gasteiger partial charge in [-0.3, -0.25) is 4.79 Å². The van der Waals surface area contributed by atoms with Crippen molar-refractivity contribution in [1.82, 2.24) is 0 Å². The lowest BCUT2D eigenvalue weighted by atomic mass is 10.1. The third-order valence-corrected chi connectivity index (χ3v) is 10.4. The predicted octanol–water partition coefficient (Wildman–Crippen LogP) is 36.1. The highest BCUT2D eigenvalue weighted by Gasteiger charge is 1.99. The molecule has 0 fully saturated rings. The number of para-hydroxylation sites is 1. The Morgan fingerprint density at radius 1 is 0.200 bits per heavy atom. The van der Waals surface area contributed by atoms with Gasteiger partial charge >= 0.3 is 0 Å². The molecular formula is C118H217NO11. The maximum absolute atomic E-state index is 10.9. The normalized spacial score (nSPS) is 6.97. The van der Waals surface area contributed by atoms with Crippen molar-refractivity contribution < 1.29 is 52.2 Å². The van der Waals surface area contributed by atoms with Crippen LogP contribution in [0.5, 0.6) is 5.75 Å². The van der Waals surface area contributed by atoms with Gasteiger partial charge in [-0.1, -0.05) is 499 Å². The van der Waals surface area contributed by atoms with Gasteiger partial charge in [0, 0.05) is 134 Å². The Balaban J connectivity index is -0.0000000441. The van der Waals surface area contributed by atoms with Gasteiger partial charge in [-0.05, 0) is 98.6 Å². The summed E-state index contributed by atoms with van der Waals surface area (Å²) in [5.41, 5.74) is 12.9. The Morgan fingerprint density at radius 2 is 0.323 bits per heavy atom. The summed E-state index contributed by atoms with van der Waals surface area (Å²) in [5.74, 6) is 1.05. The number of methoxy groups -OCH3 is 10. The zero-order chi connectivity index (χ0) is 106. The van der Waals surface area contributed by atoms with Crippen LogP contribution in [0.3, 0.4) is 0 Å². The molecule has 0 N–H and O–H groups in total. The molecule has 10 aromatic rings. The molecule has 0 bridgehead atoms. The van der Waals surface area contributed by atoms with Crippen LogP contribution in [0.15, 0.2) is 291 Å². The maximum Gasteiger partial charge on any atom is 0.160 e. The van der Waals surface area contributed by atoms with E-state index in [9.17, 15) is 4.79 Å². The van der Waals surface area contributed by atoms with Gasteiger partial charge < -0.3 is 47.4 Å². The number of nitrogens with zero attached hydrogens (tertiary/aromatic N) is 1. The molecule has 10 aromatic carbocycles. The lowest BCUT2D eigenvalue weighted by molar-refractivity contribution is 0.101. The van der Waals surface area contributed by atoms with Crippen molar-refractivity contribution in [1.29, 1.82) is 5.26 Å². The highest BCUT2D eigenvalue weighted by molar-refractivity contribution is 5.95. The van der Waals surface area contributed by atoms with Crippen LogP contribution in [0.1, 0.15) is 260 Å². The summed E-state index contributed by atoms with van der Waals surface area (Å²) >= 11 is 0. The second-order valence-electron chi connectivity index (χ2n) is 21.1. The van der Waals surface area contributed by atoms with Crippen molar-refractivity contribution in [3.63, 3.8) is 0 Å². The van der Waals surface area contributed by atoms with Gasteiger partial charge in [0.2, 0.25) is 0 Å². The first-order valence-electron chi connectivity index (χ1n) is 45.8. The van der Waals surface area contributed by atoms with Crippen LogP contribution in [-0.2, 0) is 42.6 Å². The quantitative estimate of drug-likeness (QED) is 0.153. The monoisotopic (exact) mass is 1820 g/mol. The summed E-state index contributed by atoms with van der Waals surface area (Å²) in [7, 11) is 30.9. The van der Waals surface area contributed by atoms with Crippen molar-refractivity contribution in [2.45, 2.75) is 257 Å². The van der Waals surface area contributed by atoms with E-state index in [0.29, 0.717) is 0 Å². The van der Waals surface area contributed by atoms with Crippen molar-refractivity contribution in [2.75, 3.05) is 135 Å². The number of nitriles is 1. The summed E-state index contributed by atoms with van der Waals surface area (Å²) in [4.78, 5) is 10.9. The summed E-state index contributed by atoms with van der Waals surface area (Å²) in [5, 5.41) is 8.47. The van der Waals surface area contributed by atoms with E-state index in [0.717, 1.165) is 28.0 Å². The molecule has 10 rings (SSSR count). The van der Waals surface area contributed by atoms with E-state index in [2.05, 4.69) is 182 Å². The second-order valence-corrected chi connectivity index (χ2v) is 21.1. The third-order valence-electron chi connectivity index (χ3n) is 10.4. The fourth-order valence-corrected chi connectivity index (χ4v) is 5.96. The molecule has 0 spiro atoms. The van der Waals surface area contributed by atoms with Crippen molar-refractivity contribution in [3.8, 4) is 11.8 Å². The number of carbonyl (C=O) groups excluding carboxylic acids is 1. The predicted molar refractivity (Wildman–Crippen MR) is 599 cm³/mol. The molecule has 0 unspecified atom stereocenters. The molecule has 0 heterocycles. The summed E-state index contributed by atoms with van der Waals surface area (Å²) < 4.78 is 43.2. The number of ketones is 1. The molecular weight excluding hydrogens is 1610 g/mol. The van der Waals surface area contributed by atoms with Gasteiger partial charge in [-0.25, -0.2) is 0 Å². The first-order valence-corrected chi connectivity index (χ1v) is 45.8. The van der Waals surface area contributed by atoms with Crippen LogP contribution >= 0.6 is 0 Å². The summed E-state index contributed by atoms with van der Waals surface area (Å²) in [6.45, 7) is 72.0. The van der Waals surface area contributed by atoms with Gasteiger partial charge in [0.15, 0.2) is 5.78 Å². The highest BCUT2D eigenvalue weighted by Crippen LogP contribution is 2.08. The van der Waals surface area contributed by atoms with Crippen LogP contribution in [0.25, 0.3) is 0 Å². The average Bonchev–Trinajstić information content (AvgIpc) is 0.897. The Labute approximate surface area is 814 Å². The van der Waals surface area contributed by atoms with E-state index in [-0.39, 0.29) is 13.2 Å². The molecule has 0 radical (unpaired) electrons. The number of hydrogen-bond donors (Lipinski definition) is 0. The van der Waals surface area contributed by atoms with E-state index in [1.54, 1.807) is 142 Å². The Bertz CT molecular complexity index is 2730. The number of benzene rings is 10. The number of hydrogen-bond acceptors (Lipinski definition) is 12. The number of aryl methyl sites for hydroxylation is 9. The second kappa shape index (κ2) is 214. The van der Waals surface area contributed by atoms with Crippen LogP contribution in [0.4, 0.5) is 0 Å². The topological polar surface area (TPSA) is 133 Å². The van der Waals surface area contributed by atoms with E-state index >= 15 is 0 Å². The molecule has 0 amide bonds. The molecule has 0 atom stereocenters. The minimum atomic E-state index is 0. The minimum Gasteiger partial charge on any atom is -0.497 e. The van der Waals surface area contributed by atoms with E-state index in [1.165, 1.54) is 38.9 Å². The molecule has 0 aliphatic carbocycles. The fraction of sp³-hybridized carbons (Fsp3) is 0.475. The first-order chi connectivity index (χ1) is 62.5. The first kappa shape index (κ1) is 181. The smallest absolute Gasteiger partial charge is 0.160 e. The lowest BCUT2D eigenvalue weighted by Crippen LogP contribution is -1.93. The number of ether oxygens (including phenoxy) is 10. The molecule has 0 saturated heterocycles. The summed E-state index contributed by atoms with van der Waals surface area (Å²) in [6, 6.07) is 98.7. The largest absolute Gasteiger partial charge is 0.497 e. The standard InChI is InChI=1S/C9H10O.C8H7N.C7H8O.7C7H8.9C2H6O.13C2H6.CH4/c1-7-5-3-4-6-9(7)8(2)10;1-7-4-2-3-5-8(7)6-9;1-8-7-5-3-2-4-6-7;7*1-7-5-3-2-4-6-7;9*1-3-2;13*1-2;/h3-6H,1-2H3;2-5H,1H3;2-6H,1H3;7*2-6H,1H3;9*1-2H3;13*1-2H3;1H4. The molecule has 0 aliphatic heterocycles. The van der Waals surface area contributed by atoms with Crippen LogP contribution < -0.4 is 4.74 Å². The van der Waals surface area contributed by atoms with Gasteiger partial charge in [0.25, 0.3) is 0 Å². The van der Waals surface area contributed by atoms with Crippen molar-refractivity contribution in [3.05, 3.63) is 352 Å². The molecule has 0 saturated carbocycles. The minimum absolute atomic E-state index is 0. The summed E-state index contributed by atoms with van der Waals surface area (Å²) in [6.07, 6.45) is 0. The van der Waals surface area contributed by atoms with E-state index in [1.807, 2.05) is 400 Å². The zero-order valence-corrected chi connectivity index (χ0v) is 94.7. The van der Waals surface area contributed by atoms with Gasteiger partial charge in [-0.15, -0.1) is 0 Å². The Hall–Kier alpha value is -9.20. The van der Waals surface area contributed by atoms with Crippen LogP contribution in [0.2, 0.25) is 0 Å². The molecule has 130 heavy (non-hydrogen) atoms. The average molecular weight is 1830 g/mol. The van der Waals surface area contributed by atoms with E-state index in [4.69, 9.17) is 10.00 Å². The molecule has 760 valence electrons. The fourth-order valence-electron chi connectivity index (χ4n) is 5.96. The number of rotatable bonds is 2. The Kier molecular flexibility index (Phi) is 299. The number of Topliss-reactive ketones (excluding diaryl/α,β-unsaturated/α-hetero) is 1. The lowest BCUT2D eigenvalue weighted by Gasteiger charge is -1.97. The van der Waals surface area contributed by atoms with E-state index < -0.39 is 0 Å². The van der Waals surface area contributed by atoms with Gasteiger partial charge in [0.05, 0.1) is 18.7 Å². The van der Waals surface area contributed by atoms with Gasteiger partial charge in [0.1, 0.15) is 5.75 Å². The van der Waals surface area contributed by atoms with Gasteiger partial charge in [-0.2, -0.15) is 5.26 Å². The highest BCUT2D eigenvalue weighted by atomic mass is 16.5. The van der Waals surface area contributed by atoms with Crippen molar-refractivity contribution >= 4 is 5.78 Å². The molecule has 0 aromatic heterocycles.